The van der Waals surface area contributed by atoms with Gasteiger partial charge in [-0.05, 0) is 25.0 Å². The van der Waals surface area contributed by atoms with Gasteiger partial charge in [-0.3, -0.25) is 9.79 Å². The summed E-state index contributed by atoms with van der Waals surface area (Å²) in [6, 6.07) is 8.41. The predicted molar refractivity (Wildman–Crippen MR) is 86.8 cm³/mol. The molecule has 5 nitrogen and oxygen atoms in total. The van der Waals surface area contributed by atoms with Crippen LogP contribution in [0.5, 0.6) is 0 Å². The van der Waals surface area contributed by atoms with E-state index in [4.69, 9.17) is 0 Å². The molecular weight excluding hydrogens is 264 g/mol. The number of carbonyl (C=O) groups is 1. The number of hydrogen-bond donors (Lipinski definition) is 1. The maximum absolute atomic E-state index is 11.6. The lowest BCUT2D eigenvalue weighted by molar-refractivity contribution is -0.128. The van der Waals surface area contributed by atoms with E-state index in [1.807, 2.05) is 0 Å². The number of para-hydroxylation sites is 1. The Morgan fingerprint density at radius 3 is 2.86 bits per heavy atom. The van der Waals surface area contributed by atoms with Crippen molar-refractivity contribution in [2.45, 2.75) is 19.8 Å². The zero-order chi connectivity index (χ0) is 15.2. The Balaban J connectivity index is 2.07. The fourth-order valence-corrected chi connectivity index (χ4v) is 2.43. The summed E-state index contributed by atoms with van der Waals surface area (Å²) < 4.78 is 0. The first-order valence-corrected chi connectivity index (χ1v) is 7.47. The smallest absolute Gasteiger partial charge is 0.223 e. The van der Waals surface area contributed by atoms with Crippen molar-refractivity contribution in [3.05, 3.63) is 29.8 Å². The van der Waals surface area contributed by atoms with Gasteiger partial charge in [0.1, 0.15) is 0 Å². The molecule has 2 rings (SSSR count). The van der Waals surface area contributed by atoms with E-state index in [2.05, 4.69) is 46.4 Å². The SMILES string of the molecule is CCNC(=NCCC(=O)N(C)C)N1CCc2ccccc21. The fourth-order valence-electron chi connectivity index (χ4n) is 2.43. The normalized spacial score (nSPS) is 14.0. The Labute approximate surface area is 126 Å². The van der Waals surface area contributed by atoms with Gasteiger partial charge in [0.2, 0.25) is 5.91 Å². The number of anilines is 1. The summed E-state index contributed by atoms with van der Waals surface area (Å²) in [5.74, 6) is 0.977. The monoisotopic (exact) mass is 288 g/mol. The summed E-state index contributed by atoms with van der Waals surface area (Å²) in [5.41, 5.74) is 2.57. The average Bonchev–Trinajstić information content (AvgIpc) is 2.90. The lowest BCUT2D eigenvalue weighted by Crippen LogP contribution is -2.40. The number of aliphatic imine (C=N–C) groups is 1. The van der Waals surface area contributed by atoms with Gasteiger partial charge < -0.3 is 15.1 Å². The molecule has 0 saturated carbocycles. The van der Waals surface area contributed by atoms with Crippen molar-refractivity contribution in [1.82, 2.24) is 10.2 Å². The number of hydrogen-bond acceptors (Lipinski definition) is 2. The number of benzene rings is 1. The zero-order valence-electron chi connectivity index (χ0n) is 13.1. The number of carbonyl (C=O) groups excluding carboxylic acids is 1. The minimum absolute atomic E-state index is 0.108. The van der Waals surface area contributed by atoms with E-state index in [0.717, 1.165) is 25.5 Å². The maximum Gasteiger partial charge on any atom is 0.223 e. The Bertz CT molecular complexity index is 525. The summed E-state index contributed by atoms with van der Waals surface area (Å²) in [5, 5.41) is 3.32. The number of rotatable bonds is 4. The topological polar surface area (TPSA) is 47.9 Å². The second-order valence-corrected chi connectivity index (χ2v) is 5.30. The van der Waals surface area contributed by atoms with E-state index in [9.17, 15) is 4.79 Å². The third-order valence-electron chi connectivity index (χ3n) is 3.56. The molecule has 0 aromatic heterocycles. The van der Waals surface area contributed by atoms with Gasteiger partial charge in [-0.15, -0.1) is 0 Å². The number of nitrogens with one attached hydrogen (secondary N) is 1. The number of amides is 1. The van der Waals surface area contributed by atoms with Gasteiger partial charge >= 0.3 is 0 Å². The molecule has 1 aliphatic rings. The van der Waals surface area contributed by atoms with Crippen LogP contribution in [0, 0.1) is 0 Å². The quantitative estimate of drug-likeness (QED) is 0.674. The van der Waals surface area contributed by atoms with Crippen LogP contribution in [0.1, 0.15) is 18.9 Å². The molecule has 1 aliphatic heterocycles. The van der Waals surface area contributed by atoms with Gasteiger partial charge in [0.15, 0.2) is 5.96 Å². The minimum atomic E-state index is 0.108. The molecule has 1 heterocycles. The molecule has 114 valence electrons. The van der Waals surface area contributed by atoms with Crippen LogP contribution in [0.4, 0.5) is 5.69 Å². The van der Waals surface area contributed by atoms with Crippen molar-refractivity contribution in [3.63, 3.8) is 0 Å². The van der Waals surface area contributed by atoms with Gasteiger partial charge in [0, 0.05) is 39.3 Å². The van der Waals surface area contributed by atoms with Gasteiger partial charge in [-0.25, -0.2) is 0 Å². The molecule has 1 amide bonds. The van der Waals surface area contributed by atoms with E-state index in [1.54, 1.807) is 19.0 Å². The summed E-state index contributed by atoms with van der Waals surface area (Å²) >= 11 is 0. The molecule has 0 unspecified atom stereocenters. The Hall–Kier alpha value is -2.04. The van der Waals surface area contributed by atoms with Gasteiger partial charge in [0.25, 0.3) is 0 Å². The van der Waals surface area contributed by atoms with E-state index in [-0.39, 0.29) is 5.91 Å². The van der Waals surface area contributed by atoms with Crippen LogP contribution < -0.4 is 10.2 Å². The third-order valence-corrected chi connectivity index (χ3v) is 3.56. The van der Waals surface area contributed by atoms with Gasteiger partial charge in [-0.1, -0.05) is 18.2 Å². The highest BCUT2D eigenvalue weighted by Crippen LogP contribution is 2.27. The highest BCUT2D eigenvalue weighted by atomic mass is 16.2. The van der Waals surface area contributed by atoms with Gasteiger partial charge in [-0.2, -0.15) is 0 Å². The molecule has 1 aromatic carbocycles. The minimum Gasteiger partial charge on any atom is -0.356 e. The highest BCUT2D eigenvalue weighted by Gasteiger charge is 2.22. The van der Waals surface area contributed by atoms with Crippen LogP contribution in [-0.4, -0.2) is 50.5 Å². The molecule has 0 bridgehead atoms. The molecule has 0 fully saturated rings. The van der Waals surface area contributed by atoms with E-state index in [1.165, 1.54) is 11.3 Å². The molecule has 0 saturated heterocycles. The highest BCUT2D eigenvalue weighted by molar-refractivity contribution is 5.98. The predicted octanol–water partition coefficient (Wildman–Crippen LogP) is 1.49. The Kier molecular flexibility index (Phi) is 5.20. The molecule has 5 heteroatoms. The summed E-state index contributed by atoms with van der Waals surface area (Å²) in [6.07, 6.45) is 1.48. The lowest BCUT2D eigenvalue weighted by Gasteiger charge is -2.22. The van der Waals surface area contributed by atoms with E-state index < -0.39 is 0 Å². The Morgan fingerprint density at radius 2 is 2.14 bits per heavy atom. The van der Waals surface area contributed by atoms with Crippen LogP contribution >= 0.6 is 0 Å². The molecular formula is C16H24N4O. The molecule has 0 aliphatic carbocycles. The first kappa shape index (κ1) is 15.4. The van der Waals surface area contributed by atoms with Crippen molar-refractivity contribution in [1.29, 1.82) is 0 Å². The second-order valence-electron chi connectivity index (χ2n) is 5.30. The first-order chi connectivity index (χ1) is 10.1. The van der Waals surface area contributed by atoms with Crippen LogP contribution in [0.3, 0.4) is 0 Å². The van der Waals surface area contributed by atoms with E-state index in [0.29, 0.717) is 13.0 Å². The fraction of sp³-hybridized carbons (Fsp3) is 0.500. The van der Waals surface area contributed by atoms with Crippen LogP contribution in [0.25, 0.3) is 0 Å². The first-order valence-electron chi connectivity index (χ1n) is 7.47. The van der Waals surface area contributed by atoms with Crippen molar-refractivity contribution in [2.75, 3.05) is 38.6 Å². The largest absolute Gasteiger partial charge is 0.356 e. The standard InChI is InChI=1S/C16H24N4O/c1-4-17-16(18-11-9-15(21)19(2)3)20-12-10-13-7-5-6-8-14(13)20/h5-8H,4,9-12H2,1-3H3,(H,17,18). The average molecular weight is 288 g/mol. The number of guanidine groups is 1. The van der Waals surface area contributed by atoms with Gasteiger partial charge in [0.05, 0.1) is 6.54 Å². The molecule has 1 N–H and O–H groups in total. The summed E-state index contributed by atoms with van der Waals surface area (Å²) in [6.45, 7) is 4.33. The third kappa shape index (κ3) is 3.74. The Morgan fingerprint density at radius 1 is 1.38 bits per heavy atom. The van der Waals surface area contributed by atoms with Crippen LogP contribution in [0.15, 0.2) is 29.3 Å². The number of nitrogens with zero attached hydrogens (tertiary/aromatic N) is 3. The van der Waals surface area contributed by atoms with Crippen LogP contribution in [-0.2, 0) is 11.2 Å². The lowest BCUT2D eigenvalue weighted by atomic mass is 10.2. The van der Waals surface area contributed by atoms with Crippen molar-refractivity contribution >= 4 is 17.6 Å². The number of fused-ring (bicyclic) bond motifs is 1. The summed E-state index contributed by atoms with van der Waals surface area (Å²) in [7, 11) is 3.54. The van der Waals surface area contributed by atoms with Crippen molar-refractivity contribution < 1.29 is 4.79 Å². The molecule has 0 atom stereocenters. The molecule has 0 radical (unpaired) electrons. The van der Waals surface area contributed by atoms with Crippen molar-refractivity contribution in [3.8, 4) is 0 Å². The molecule has 21 heavy (non-hydrogen) atoms. The maximum atomic E-state index is 11.6. The second kappa shape index (κ2) is 7.11. The van der Waals surface area contributed by atoms with Crippen LogP contribution in [0.2, 0.25) is 0 Å². The molecule has 1 aromatic rings. The summed E-state index contributed by atoms with van der Waals surface area (Å²) in [4.78, 5) is 20.0. The van der Waals surface area contributed by atoms with E-state index >= 15 is 0 Å². The molecule has 0 spiro atoms. The van der Waals surface area contributed by atoms with Crippen molar-refractivity contribution in [2.24, 2.45) is 4.99 Å². The zero-order valence-corrected chi connectivity index (χ0v) is 13.1.